The monoisotopic (exact) mass is 551 g/mol. The number of halogens is 2. The third-order valence-corrected chi connectivity index (χ3v) is 6.50. The Morgan fingerprint density at radius 2 is 1.71 bits per heavy atom. The molecule has 2 amide bonds. The molecule has 0 spiro atoms. The Balaban J connectivity index is 1.53. The average molecular weight is 553 g/mol. The van der Waals surface area contributed by atoms with Crippen molar-refractivity contribution in [1.29, 1.82) is 0 Å². The molecule has 9 heteroatoms. The van der Waals surface area contributed by atoms with Crippen molar-refractivity contribution in [3.63, 3.8) is 0 Å². The first kappa shape index (κ1) is 23.0. The van der Waals surface area contributed by atoms with E-state index in [9.17, 15) is 19.2 Å². The fourth-order valence-corrected chi connectivity index (χ4v) is 4.38. The maximum atomic E-state index is 13.4. The van der Waals surface area contributed by atoms with Crippen LogP contribution in [0.5, 0.6) is 5.75 Å². The number of imide groups is 1. The summed E-state index contributed by atoms with van der Waals surface area (Å²) in [6.07, 6.45) is 0. The number of benzene rings is 3. The molecule has 0 bridgehead atoms. The second-order valence-corrected chi connectivity index (χ2v) is 9.24. The van der Waals surface area contributed by atoms with E-state index in [2.05, 4.69) is 15.9 Å². The molecule has 7 nitrogen and oxygen atoms in total. The maximum absolute atomic E-state index is 13.4. The highest BCUT2D eigenvalue weighted by Gasteiger charge is 2.37. The molecule has 0 saturated carbocycles. The summed E-state index contributed by atoms with van der Waals surface area (Å²) in [5.41, 5.74) is 1.26. The summed E-state index contributed by atoms with van der Waals surface area (Å²) < 4.78 is 12.1. The summed E-state index contributed by atoms with van der Waals surface area (Å²) in [6, 6.07) is 16.4. The minimum Gasteiger partial charge on any atom is -0.452 e. The zero-order chi connectivity index (χ0) is 24.9. The van der Waals surface area contributed by atoms with Gasteiger partial charge < -0.3 is 9.15 Å². The molecule has 0 radical (unpaired) electrons. The molecule has 0 N–H and O–H groups in total. The zero-order valence-electron chi connectivity index (χ0n) is 18.1. The van der Waals surface area contributed by atoms with Gasteiger partial charge in [-0.1, -0.05) is 57.9 Å². The molecule has 2 heterocycles. The Morgan fingerprint density at radius 1 is 1.00 bits per heavy atom. The molecule has 0 saturated heterocycles. The standard InChI is InChI=1S/C26H15BrClNO6/c1-13-9-20-18(11-19(13)28)22(31)24(23(34-20)14-5-3-2-4-6-14)35-21(30)12-29-25(32)16-8-7-15(27)10-17(16)26(29)33/h2-11H,12H2,1H3. The Labute approximate surface area is 212 Å². The van der Waals surface area contributed by atoms with Crippen molar-refractivity contribution in [3.05, 3.63) is 97.1 Å². The molecule has 3 aromatic carbocycles. The van der Waals surface area contributed by atoms with E-state index in [4.69, 9.17) is 20.8 Å². The van der Waals surface area contributed by atoms with Crippen molar-refractivity contribution >= 4 is 56.3 Å². The molecule has 0 aliphatic carbocycles. The first-order valence-electron chi connectivity index (χ1n) is 10.4. The Morgan fingerprint density at radius 3 is 2.46 bits per heavy atom. The van der Waals surface area contributed by atoms with Gasteiger partial charge in [0.15, 0.2) is 5.76 Å². The number of hydrogen-bond acceptors (Lipinski definition) is 6. The number of ether oxygens (including phenoxy) is 1. The number of fused-ring (bicyclic) bond motifs is 2. The number of carbonyl (C=O) groups excluding carboxylic acids is 3. The predicted octanol–water partition coefficient (Wildman–Crippen LogP) is 5.39. The third kappa shape index (κ3) is 4.05. The summed E-state index contributed by atoms with van der Waals surface area (Å²) in [6.45, 7) is 1.10. The third-order valence-electron chi connectivity index (χ3n) is 5.60. The number of hydrogen-bond donors (Lipinski definition) is 0. The van der Waals surface area contributed by atoms with Gasteiger partial charge in [-0.05, 0) is 42.8 Å². The molecule has 4 aromatic rings. The van der Waals surface area contributed by atoms with Crippen LogP contribution in [0.25, 0.3) is 22.3 Å². The minimum absolute atomic E-state index is 0.0458. The minimum atomic E-state index is -0.972. The summed E-state index contributed by atoms with van der Waals surface area (Å²) in [5.74, 6) is -2.53. The van der Waals surface area contributed by atoms with Crippen molar-refractivity contribution < 1.29 is 23.5 Å². The van der Waals surface area contributed by atoms with E-state index in [-0.39, 0.29) is 33.6 Å². The second-order valence-electron chi connectivity index (χ2n) is 7.91. The molecule has 0 fully saturated rings. The van der Waals surface area contributed by atoms with Gasteiger partial charge in [-0.3, -0.25) is 19.3 Å². The van der Waals surface area contributed by atoms with Crippen LogP contribution in [-0.4, -0.2) is 29.2 Å². The molecule has 0 unspecified atom stereocenters. The van der Waals surface area contributed by atoms with Crippen LogP contribution in [0.15, 0.2) is 74.3 Å². The van der Waals surface area contributed by atoms with Gasteiger partial charge in [0.2, 0.25) is 11.2 Å². The van der Waals surface area contributed by atoms with Gasteiger partial charge in [-0.25, -0.2) is 4.79 Å². The van der Waals surface area contributed by atoms with Crippen molar-refractivity contribution in [2.45, 2.75) is 6.92 Å². The lowest BCUT2D eigenvalue weighted by Gasteiger charge is -2.14. The molecule has 1 aromatic heterocycles. The second kappa shape index (κ2) is 8.79. The lowest BCUT2D eigenvalue weighted by Crippen LogP contribution is -2.37. The van der Waals surface area contributed by atoms with Crippen molar-refractivity contribution in [1.82, 2.24) is 4.90 Å². The van der Waals surface area contributed by atoms with E-state index in [1.165, 1.54) is 18.2 Å². The largest absolute Gasteiger partial charge is 0.452 e. The van der Waals surface area contributed by atoms with E-state index in [1.54, 1.807) is 49.4 Å². The maximum Gasteiger partial charge on any atom is 0.331 e. The summed E-state index contributed by atoms with van der Waals surface area (Å²) in [7, 11) is 0. The van der Waals surface area contributed by atoms with Gasteiger partial charge in [-0.15, -0.1) is 0 Å². The lowest BCUT2D eigenvalue weighted by molar-refractivity contribution is -0.134. The topological polar surface area (TPSA) is 93.9 Å². The molecular weight excluding hydrogens is 538 g/mol. The van der Waals surface area contributed by atoms with Gasteiger partial charge in [0, 0.05) is 15.1 Å². The normalized spacial score (nSPS) is 12.8. The molecular formula is C26H15BrClNO6. The molecule has 1 aliphatic rings. The lowest BCUT2D eigenvalue weighted by atomic mass is 10.1. The van der Waals surface area contributed by atoms with Gasteiger partial charge in [0.1, 0.15) is 12.1 Å². The van der Waals surface area contributed by atoms with Crippen LogP contribution in [0.2, 0.25) is 5.02 Å². The summed E-state index contributed by atoms with van der Waals surface area (Å²) >= 11 is 9.47. The van der Waals surface area contributed by atoms with Crippen LogP contribution in [0, 0.1) is 6.92 Å². The van der Waals surface area contributed by atoms with E-state index >= 15 is 0 Å². The Kier molecular flexibility index (Phi) is 5.78. The highest BCUT2D eigenvalue weighted by molar-refractivity contribution is 9.10. The SMILES string of the molecule is Cc1cc2oc(-c3ccccc3)c(OC(=O)CN3C(=O)c4ccc(Br)cc4C3=O)c(=O)c2cc1Cl. The number of esters is 1. The fourth-order valence-electron chi connectivity index (χ4n) is 3.85. The van der Waals surface area contributed by atoms with Crippen LogP contribution in [0.4, 0.5) is 0 Å². The predicted molar refractivity (Wildman–Crippen MR) is 133 cm³/mol. The van der Waals surface area contributed by atoms with E-state index < -0.39 is 29.8 Å². The Bertz CT molecular complexity index is 1610. The number of rotatable bonds is 4. The van der Waals surface area contributed by atoms with E-state index in [0.717, 1.165) is 4.90 Å². The van der Waals surface area contributed by atoms with E-state index in [0.29, 0.717) is 20.6 Å². The van der Waals surface area contributed by atoms with Crippen LogP contribution < -0.4 is 10.2 Å². The number of carbonyl (C=O) groups is 3. The van der Waals surface area contributed by atoms with Crippen molar-refractivity contribution in [2.24, 2.45) is 0 Å². The van der Waals surface area contributed by atoms with Crippen LogP contribution >= 0.6 is 27.5 Å². The zero-order valence-corrected chi connectivity index (χ0v) is 20.5. The fraction of sp³-hybridized carbons (Fsp3) is 0.0769. The molecule has 35 heavy (non-hydrogen) atoms. The highest BCUT2D eigenvalue weighted by Crippen LogP contribution is 2.33. The van der Waals surface area contributed by atoms with Crippen LogP contribution in [0.3, 0.4) is 0 Å². The number of amides is 2. The number of aryl methyl sites for hydroxylation is 1. The molecule has 5 rings (SSSR count). The van der Waals surface area contributed by atoms with Gasteiger partial charge in [0.05, 0.1) is 16.5 Å². The van der Waals surface area contributed by atoms with E-state index in [1.807, 2.05) is 0 Å². The van der Waals surface area contributed by atoms with Crippen LogP contribution in [0.1, 0.15) is 26.3 Å². The molecule has 1 aliphatic heterocycles. The smallest absolute Gasteiger partial charge is 0.331 e. The number of nitrogens with zero attached hydrogens (tertiary/aromatic N) is 1. The first-order chi connectivity index (χ1) is 16.7. The van der Waals surface area contributed by atoms with Crippen molar-refractivity contribution in [3.8, 4) is 17.1 Å². The molecule has 174 valence electrons. The molecule has 0 atom stereocenters. The summed E-state index contributed by atoms with van der Waals surface area (Å²) in [4.78, 5) is 52.4. The van der Waals surface area contributed by atoms with Gasteiger partial charge in [-0.2, -0.15) is 0 Å². The average Bonchev–Trinajstić information content (AvgIpc) is 3.06. The first-order valence-corrected chi connectivity index (χ1v) is 11.6. The summed E-state index contributed by atoms with van der Waals surface area (Å²) in [5, 5.41) is 0.486. The Hall–Kier alpha value is -3.75. The highest BCUT2D eigenvalue weighted by atomic mass is 79.9. The van der Waals surface area contributed by atoms with Gasteiger partial charge in [0.25, 0.3) is 11.8 Å². The van der Waals surface area contributed by atoms with Crippen LogP contribution in [-0.2, 0) is 4.79 Å². The quantitative estimate of drug-likeness (QED) is 0.249. The van der Waals surface area contributed by atoms with Gasteiger partial charge >= 0.3 is 5.97 Å². The van der Waals surface area contributed by atoms with Crippen molar-refractivity contribution in [2.75, 3.05) is 6.54 Å².